The standard InChI is InChI=1S/C16H18F2N4O2/c1-10-20-14(9-15(21-10)19-6-3-7-24-2)16(23)22-13-5-4-11(17)8-12(13)18/h4-5,8-9H,3,6-7H2,1-2H3,(H,22,23)(H,19,20,21). The molecule has 0 aliphatic rings. The summed E-state index contributed by atoms with van der Waals surface area (Å²) in [4.78, 5) is 20.4. The van der Waals surface area contributed by atoms with Crippen LogP contribution in [0.25, 0.3) is 0 Å². The van der Waals surface area contributed by atoms with Crippen LogP contribution >= 0.6 is 0 Å². The molecule has 0 radical (unpaired) electrons. The third-order valence-corrected chi connectivity index (χ3v) is 3.08. The largest absolute Gasteiger partial charge is 0.385 e. The van der Waals surface area contributed by atoms with Gasteiger partial charge in [0.05, 0.1) is 5.69 Å². The summed E-state index contributed by atoms with van der Waals surface area (Å²) in [5.74, 6) is -1.29. The predicted molar refractivity (Wildman–Crippen MR) is 86.1 cm³/mol. The fraction of sp³-hybridized carbons (Fsp3) is 0.312. The van der Waals surface area contributed by atoms with E-state index in [-0.39, 0.29) is 11.4 Å². The van der Waals surface area contributed by atoms with E-state index in [2.05, 4.69) is 20.6 Å². The molecule has 0 saturated heterocycles. The Labute approximate surface area is 138 Å². The van der Waals surface area contributed by atoms with E-state index < -0.39 is 17.5 Å². The van der Waals surface area contributed by atoms with Crippen molar-refractivity contribution in [3.05, 3.63) is 47.4 Å². The van der Waals surface area contributed by atoms with E-state index in [0.717, 1.165) is 18.6 Å². The van der Waals surface area contributed by atoms with Gasteiger partial charge >= 0.3 is 0 Å². The van der Waals surface area contributed by atoms with Gasteiger partial charge in [0.15, 0.2) is 0 Å². The normalized spacial score (nSPS) is 10.5. The zero-order chi connectivity index (χ0) is 17.5. The minimum atomic E-state index is -0.855. The van der Waals surface area contributed by atoms with Crippen molar-refractivity contribution in [1.29, 1.82) is 0 Å². The SMILES string of the molecule is COCCCNc1cc(C(=O)Nc2ccc(F)cc2F)nc(C)n1. The number of aromatic nitrogens is 2. The average Bonchev–Trinajstić information content (AvgIpc) is 2.53. The van der Waals surface area contributed by atoms with Crippen LogP contribution in [0, 0.1) is 18.6 Å². The number of amides is 1. The minimum Gasteiger partial charge on any atom is -0.385 e. The molecule has 2 rings (SSSR count). The second-order valence-corrected chi connectivity index (χ2v) is 5.04. The number of carbonyl (C=O) groups is 1. The molecule has 0 aliphatic heterocycles. The lowest BCUT2D eigenvalue weighted by Gasteiger charge is -2.09. The number of anilines is 2. The topological polar surface area (TPSA) is 76.1 Å². The van der Waals surface area contributed by atoms with Crippen LogP contribution in [0.5, 0.6) is 0 Å². The Morgan fingerprint density at radius 3 is 2.75 bits per heavy atom. The highest BCUT2D eigenvalue weighted by Gasteiger charge is 2.13. The fourth-order valence-electron chi connectivity index (χ4n) is 1.98. The van der Waals surface area contributed by atoms with Crippen molar-refractivity contribution in [2.75, 3.05) is 30.9 Å². The Kier molecular flexibility index (Phi) is 6.14. The monoisotopic (exact) mass is 336 g/mol. The maximum absolute atomic E-state index is 13.6. The summed E-state index contributed by atoms with van der Waals surface area (Å²) in [6.07, 6.45) is 0.780. The van der Waals surface area contributed by atoms with Crippen LogP contribution in [0.1, 0.15) is 22.7 Å². The summed E-state index contributed by atoms with van der Waals surface area (Å²) in [5, 5.41) is 5.43. The highest BCUT2D eigenvalue weighted by atomic mass is 19.1. The molecular weight excluding hydrogens is 318 g/mol. The summed E-state index contributed by atoms with van der Waals surface area (Å²) in [6.45, 7) is 2.88. The number of benzene rings is 1. The molecule has 0 aliphatic carbocycles. The first-order chi connectivity index (χ1) is 11.5. The Morgan fingerprint density at radius 2 is 2.04 bits per heavy atom. The zero-order valence-corrected chi connectivity index (χ0v) is 13.4. The van der Waals surface area contributed by atoms with Crippen LogP contribution in [-0.4, -0.2) is 36.1 Å². The summed E-state index contributed by atoms with van der Waals surface area (Å²) in [7, 11) is 1.62. The lowest BCUT2D eigenvalue weighted by molar-refractivity contribution is 0.102. The second kappa shape index (κ2) is 8.30. The summed E-state index contributed by atoms with van der Waals surface area (Å²) in [5.41, 5.74) is -0.0345. The number of rotatable bonds is 7. The highest BCUT2D eigenvalue weighted by Crippen LogP contribution is 2.16. The molecule has 1 amide bonds. The highest BCUT2D eigenvalue weighted by molar-refractivity contribution is 6.03. The number of methoxy groups -OCH3 is 1. The lowest BCUT2D eigenvalue weighted by atomic mass is 10.2. The van der Waals surface area contributed by atoms with Crippen LogP contribution in [0.15, 0.2) is 24.3 Å². The lowest BCUT2D eigenvalue weighted by Crippen LogP contribution is -2.17. The molecule has 0 saturated carbocycles. The molecule has 0 spiro atoms. The van der Waals surface area contributed by atoms with Crippen LogP contribution in [0.2, 0.25) is 0 Å². The van der Waals surface area contributed by atoms with Gasteiger partial charge in [-0.05, 0) is 25.5 Å². The van der Waals surface area contributed by atoms with Gasteiger partial charge in [0.25, 0.3) is 5.91 Å². The molecule has 0 atom stereocenters. The van der Waals surface area contributed by atoms with E-state index >= 15 is 0 Å². The van der Waals surface area contributed by atoms with Gasteiger partial charge in [-0.2, -0.15) is 0 Å². The van der Waals surface area contributed by atoms with Gasteiger partial charge in [0.2, 0.25) is 0 Å². The van der Waals surface area contributed by atoms with Crippen molar-refractivity contribution in [2.24, 2.45) is 0 Å². The van der Waals surface area contributed by atoms with Gasteiger partial charge < -0.3 is 15.4 Å². The van der Waals surface area contributed by atoms with Gasteiger partial charge in [-0.3, -0.25) is 4.79 Å². The molecule has 24 heavy (non-hydrogen) atoms. The summed E-state index contributed by atoms with van der Waals surface area (Å²) >= 11 is 0. The van der Waals surface area contributed by atoms with Gasteiger partial charge in [0, 0.05) is 32.4 Å². The number of hydrogen-bond acceptors (Lipinski definition) is 5. The van der Waals surface area contributed by atoms with Gasteiger partial charge in [-0.25, -0.2) is 18.7 Å². The Morgan fingerprint density at radius 1 is 1.25 bits per heavy atom. The van der Waals surface area contributed by atoms with E-state index in [4.69, 9.17) is 4.74 Å². The number of nitrogens with zero attached hydrogens (tertiary/aromatic N) is 2. The first kappa shape index (κ1) is 17.7. The molecule has 2 aromatic rings. The number of ether oxygens (including phenoxy) is 1. The summed E-state index contributed by atoms with van der Waals surface area (Å²) < 4.78 is 31.5. The van der Waals surface area contributed by atoms with E-state index in [1.54, 1.807) is 14.0 Å². The van der Waals surface area contributed by atoms with Crippen molar-refractivity contribution < 1.29 is 18.3 Å². The zero-order valence-electron chi connectivity index (χ0n) is 13.4. The van der Waals surface area contributed by atoms with Crippen LogP contribution in [-0.2, 0) is 4.74 Å². The fourth-order valence-corrected chi connectivity index (χ4v) is 1.98. The molecule has 0 bridgehead atoms. The minimum absolute atomic E-state index is 0.0838. The maximum atomic E-state index is 13.6. The Hall–Kier alpha value is -2.61. The number of nitrogens with one attached hydrogen (secondary N) is 2. The van der Waals surface area contributed by atoms with Crippen molar-refractivity contribution in [1.82, 2.24) is 9.97 Å². The first-order valence-corrected chi connectivity index (χ1v) is 7.34. The number of hydrogen-bond donors (Lipinski definition) is 2. The smallest absolute Gasteiger partial charge is 0.274 e. The Balaban J connectivity index is 2.09. The predicted octanol–water partition coefficient (Wildman–Crippen LogP) is 2.76. The molecule has 0 unspecified atom stereocenters. The number of halogens is 2. The molecular formula is C16H18F2N4O2. The molecule has 1 aromatic carbocycles. The molecule has 1 aromatic heterocycles. The third kappa shape index (κ3) is 4.95. The first-order valence-electron chi connectivity index (χ1n) is 7.34. The van der Waals surface area contributed by atoms with Gasteiger partial charge in [0.1, 0.15) is 29.0 Å². The van der Waals surface area contributed by atoms with Crippen molar-refractivity contribution in [3.8, 4) is 0 Å². The van der Waals surface area contributed by atoms with E-state index in [1.165, 1.54) is 6.07 Å². The maximum Gasteiger partial charge on any atom is 0.274 e. The molecule has 0 fully saturated rings. The van der Waals surface area contributed by atoms with Gasteiger partial charge in [-0.15, -0.1) is 0 Å². The number of aryl methyl sites for hydroxylation is 1. The van der Waals surface area contributed by atoms with E-state index in [9.17, 15) is 13.6 Å². The van der Waals surface area contributed by atoms with Crippen LogP contribution in [0.4, 0.5) is 20.3 Å². The third-order valence-electron chi connectivity index (χ3n) is 3.08. The molecule has 2 N–H and O–H groups in total. The van der Waals surface area contributed by atoms with E-state index in [1.807, 2.05) is 0 Å². The van der Waals surface area contributed by atoms with Gasteiger partial charge in [-0.1, -0.05) is 0 Å². The van der Waals surface area contributed by atoms with Crippen LogP contribution in [0.3, 0.4) is 0 Å². The Bertz CT molecular complexity index is 725. The molecule has 6 nitrogen and oxygen atoms in total. The van der Waals surface area contributed by atoms with Crippen molar-refractivity contribution in [3.63, 3.8) is 0 Å². The van der Waals surface area contributed by atoms with Crippen molar-refractivity contribution in [2.45, 2.75) is 13.3 Å². The van der Waals surface area contributed by atoms with E-state index in [0.29, 0.717) is 30.9 Å². The molecule has 128 valence electrons. The second-order valence-electron chi connectivity index (χ2n) is 5.04. The number of carbonyl (C=O) groups excluding carboxylic acids is 1. The average molecular weight is 336 g/mol. The quantitative estimate of drug-likeness (QED) is 0.761. The molecule has 8 heteroatoms. The molecule has 1 heterocycles. The van der Waals surface area contributed by atoms with Crippen LogP contribution < -0.4 is 10.6 Å². The summed E-state index contributed by atoms with van der Waals surface area (Å²) in [6, 6.07) is 4.38. The van der Waals surface area contributed by atoms with Crippen molar-refractivity contribution >= 4 is 17.4 Å².